The largest absolute Gasteiger partial charge is 0.443 e. The standard InChI is InChI=1S/C17H17NO4S/c1-13-7-9-16(10-8-13)23(20,21)18-12-15(22-17(18)19)11-14-5-3-2-4-6-14/h2-10,15H,11-12H2,1H3. The number of carbonyl (C=O) groups is 1. The van der Waals surface area contributed by atoms with Gasteiger partial charge in [0.25, 0.3) is 10.0 Å². The Morgan fingerprint density at radius 1 is 1.09 bits per heavy atom. The molecule has 2 aromatic rings. The molecule has 1 aliphatic heterocycles. The summed E-state index contributed by atoms with van der Waals surface area (Å²) < 4.78 is 31.2. The molecule has 1 fully saturated rings. The summed E-state index contributed by atoms with van der Waals surface area (Å²) in [4.78, 5) is 12.1. The van der Waals surface area contributed by atoms with E-state index in [1.54, 1.807) is 12.1 Å². The van der Waals surface area contributed by atoms with Gasteiger partial charge in [-0.2, -0.15) is 4.31 Å². The molecule has 1 heterocycles. The number of sulfonamides is 1. The number of aryl methyl sites for hydroxylation is 1. The summed E-state index contributed by atoms with van der Waals surface area (Å²) in [6.07, 6.45) is -0.788. The van der Waals surface area contributed by atoms with Crippen LogP contribution >= 0.6 is 0 Å². The van der Waals surface area contributed by atoms with Crippen molar-refractivity contribution in [3.63, 3.8) is 0 Å². The second-order valence-corrected chi connectivity index (χ2v) is 7.41. The predicted octanol–water partition coefficient (Wildman–Crippen LogP) is 2.75. The molecule has 1 atom stereocenters. The van der Waals surface area contributed by atoms with Crippen molar-refractivity contribution in [1.82, 2.24) is 4.31 Å². The number of rotatable bonds is 4. The van der Waals surface area contributed by atoms with Crippen molar-refractivity contribution in [1.29, 1.82) is 0 Å². The lowest BCUT2D eigenvalue weighted by Crippen LogP contribution is -2.32. The maximum atomic E-state index is 12.6. The minimum atomic E-state index is -3.87. The van der Waals surface area contributed by atoms with Gasteiger partial charge in [-0.1, -0.05) is 48.0 Å². The van der Waals surface area contributed by atoms with Gasteiger partial charge in [-0.3, -0.25) is 0 Å². The van der Waals surface area contributed by atoms with Crippen LogP contribution in [0.2, 0.25) is 0 Å². The summed E-state index contributed by atoms with van der Waals surface area (Å²) in [5.74, 6) is 0. The van der Waals surface area contributed by atoms with Gasteiger partial charge in [0, 0.05) is 6.42 Å². The second kappa shape index (κ2) is 6.04. The molecule has 6 heteroatoms. The highest BCUT2D eigenvalue weighted by Crippen LogP contribution is 2.24. The number of hydrogen-bond donors (Lipinski definition) is 0. The fourth-order valence-electron chi connectivity index (χ4n) is 2.52. The normalized spacial score (nSPS) is 18.0. The molecule has 3 rings (SSSR count). The number of benzene rings is 2. The van der Waals surface area contributed by atoms with E-state index in [9.17, 15) is 13.2 Å². The Hall–Kier alpha value is -2.34. The van der Waals surface area contributed by atoms with Crippen molar-refractivity contribution in [2.75, 3.05) is 6.54 Å². The number of ether oxygens (including phenoxy) is 1. The van der Waals surface area contributed by atoms with Crippen LogP contribution in [0, 0.1) is 6.92 Å². The van der Waals surface area contributed by atoms with E-state index in [-0.39, 0.29) is 11.4 Å². The van der Waals surface area contributed by atoms with E-state index >= 15 is 0 Å². The Balaban J connectivity index is 1.78. The van der Waals surface area contributed by atoms with Crippen molar-refractivity contribution in [2.45, 2.75) is 24.3 Å². The quantitative estimate of drug-likeness (QED) is 0.864. The van der Waals surface area contributed by atoms with Crippen LogP contribution in [-0.4, -0.2) is 31.5 Å². The minimum Gasteiger partial charge on any atom is -0.443 e. The molecule has 1 amide bonds. The highest BCUT2D eigenvalue weighted by molar-refractivity contribution is 7.89. The van der Waals surface area contributed by atoms with Gasteiger partial charge in [0.1, 0.15) is 6.10 Å². The van der Waals surface area contributed by atoms with Gasteiger partial charge in [-0.05, 0) is 24.6 Å². The highest BCUT2D eigenvalue weighted by Gasteiger charge is 2.40. The molecule has 0 N–H and O–H groups in total. The maximum Gasteiger partial charge on any atom is 0.424 e. The first-order chi connectivity index (χ1) is 11.0. The third-order valence-corrected chi connectivity index (χ3v) is 5.50. The van der Waals surface area contributed by atoms with Gasteiger partial charge in [-0.15, -0.1) is 0 Å². The van der Waals surface area contributed by atoms with Crippen LogP contribution < -0.4 is 0 Å². The van der Waals surface area contributed by atoms with E-state index in [0.717, 1.165) is 15.4 Å². The topological polar surface area (TPSA) is 63.7 Å². The van der Waals surface area contributed by atoms with E-state index in [1.165, 1.54) is 12.1 Å². The smallest absolute Gasteiger partial charge is 0.424 e. The monoisotopic (exact) mass is 331 g/mol. The van der Waals surface area contributed by atoms with Crippen molar-refractivity contribution in [3.05, 3.63) is 65.7 Å². The molecule has 1 aliphatic rings. The predicted molar refractivity (Wildman–Crippen MR) is 85.5 cm³/mol. The molecule has 0 saturated carbocycles. The van der Waals surface area contributed by atoms with E-state index in [1.807, 2.05) is 37.3 Å². The molecule has 0 aromatic heterocycles. The summed E-state index contributed by atoms with van der Waals surface area (Å²) in [6, 6.07) is 15.9. The van der Waals surface area contributed by atoms with Crippen LogP contribution in [0.25, 0.3) is 0 Å². The minimum absolute atomic E-state index is 0.0317. The van der Waals surface area contributed by atoms with Crippen molar-refractivity contribution in [2.24, 2.45) is 0 Å². The molecule has 0 bridgehead atoms. The van der Waals surface area contributed by atoms with Gasteiger partial charge in [-0.25, -0.2) is 13.2 Å². The maximum absolute atomic E-state index is 12.6. The van der Waals surface area contributed by atoms with Crippen LogP contribution in [0.3, 0.4) is 0 Å². The number of hydrogen-bond acceptors (Lipinski definition) is 4. The van der Waals surface area contributed by atoms with Crippen LogP contribution in [0.1, 0.15) is 11.1 Å². The highest BCUT2D eigenvalue weighted by atomic mass is 32.2. The molecule has 0 aliphatic carbocycles. The lowest BCUT2D eigenvalue weighted by molar-refractivity contribution is 0.137. The van der Waals surface area contributed by atoms with E-state index in [4.69, 9.17) is 4.74 Å². The fraction of sp³-hybridized carbons (Fsp3) is 0.235. The van der Waals surface area contributed by atoms with E-state index < -0.39 is 22.2 Å². The third-order valence-electron chi connectivity index (χ3n) is 3.76. The number of carbonyl (C=O) groups excluding carboxylic acids is 1. The molecule has 23 heavy (non-hydrogen) atoms. The average molecular weight is 331 g/mol. The fourth-order valence-corrected chi connectivity index (χ4v) is 3.85. The number of cyclic esters (lactones) is 1. The van der Waals surface area contributed by atoms with Gasteiger partial charge in [0.2, 0.25) is 0 Å². The first kappa shape index (κ1) is 15.6. The molecular formula is C17H17NO4S. The van der Waals surface area contributed by atoms with Crippen LogP contribution in [0.4, 0.5) is 4.79 Å². The van der Waals surface area contributed by atoms with Gasteiger partial charge in [0.05, 0.1) is 11.4 Å². The molecule has 5 nitrogen and oxygen atoms in total. The Kier molecular flexibility index (Phi) is 4.09. The Bertz CT molecular complexity index is 800. The molecule has 120 valence electrons. The lowest BCUT2D eigenvalue weighted by Gasteiger charge is -2.14. The summed E-state index contributed by atoms with van der Waals surface area (Å²) in [5, 5.41) is 0. The number of amides is 1. The van der Waals surface area contributed by atoms with Crippen LogP contribution in [0.15, 0.2) is 59.5 Å². The van der Waals surface area contributed by atoms with Gasteiger partial charge < -0.3 is 4.74 Å². The molecular weight excluding hydrogens is 314 g/mol. The molecule has 1 unspecified atom stereocenters. The zero-order valence-electron chi connectivity index (χ0n) is 12.7. The van der Waals surface area contributed by atoms with Crippen molar-refractivity contribution in [3.8, 4) is 0 Å². The van der Waals surface area contributed by atoms with Gasteiger partial charge >= 0.3 is 6.09 Å². The van der Waals surface area contributed by atoms with Crippen LogP contribution in [0.5, 0.6) is 0 Å². The lowest BCUT2D eigenvalue weighted by atomic mass is 10.1. The zero-order valence-corrected chi connectivity index (χ0v) is 13.5. The molecule has 1 saturated heterocycles. The third kappa shape index (κ3) is 3.22. The second-order valence-electron chi connectivity index (χ2n) is 5.54. The van der Waals surface area contributed by atoms with Crippen LogP contribution in [-0.2, 0) is 21.2 Å². The Labute approximate surface area is 135 Å². The van der Waals surface area contributed by atoms with E-state index in [2.05, 4.69) is 0 Å². The summed E-state index contributed by atoms with van der Waals surface area (Å²) >= 11 is 0. The zero-order chi connectivity index (χ0) is 16.4. The first-order valence-electron chi connectivity index (χ1n) is 7.31. The number of nitrogens with zero attached hydrogens (tertiary/aromatic N) is 1. The summed E-state index contributed by atoms with van der Waals surface area (Å²) in [5.41, 5.74) is 1.95. The molecule has 0 radical (unpaired) electrons. The summed E-state index contributed by atoms with van der Waals surface area (Å²) in [7, 11) is -3.87. The van der Waals surface area contributed by atoms with E-state index in [0.29, 0.717) is 6.42 Å². The molecule has 0 spiro atoms. The Morgan fingerprint density at radius 2 is 1.74 bits per heavy atom. The van der Waals surface area contributed by atoms with Gasteiger partial charge in [0.15, 0.2) is 0 Å². The summed E-state index contributed by atoms with van der Waals surface area (Å²) in [6.45, 7) is 1.90. The molecule has 2 aromatic carbocycles. The average Bonchev–Trinajstić information content (AvgIpc) is 2.90. The van der Waals surface area contributed by atoms with Crippen molar-refractivity contribution >= 4 is 16.1 Å². The Morgan fingerprint density at radius 3 is 2.39 bits per heavy atom. The SMILES string of the molecule is Cc1ccc(S(=O)(=O)N2CC(Cc3ccccc3)OC2=O)cc1. The van der Waals surface area contributed by atoms with Crippen molar-refractivity contribution < 1.29 is 17.9 Å². The first-order valence-corrected chi connectivity index (χ1v) is 8.75.